The summed E-state index contributed by atoms with van der Waals surface area (Å²) in [5.41, 5.74) is 0.415. The second-order valence-electron chi connectivity index (χ2n) is 2.98. The zero-order valence-corrected chi connectivity index (χ0v) is 8.10. The molecule has 0 aliphatic rings. The Morgan fingerprint density at radius 2 is 2.21 bits per heavy atom. The van der Waals surface area contributed by atoms with Gasteiger partial charge in [-0.3, -0.25) is 4.79 Å². The van der Waals surface area contributed by atoms with Gasteiger partial charge in [0.1, 0.15) is 11.6 Å². The van der Waals surface area contributed by atoms with Crippen LogP contribution in [-0.2, 0) is 0 Å². The Kier molecular flexibility index (Phi) is 3.06. The molecule has 0 radical (unpaired) electrons. The third kappa shape index (κ3) is 2.02. The van der Waals surface area contributed by atoms with Gasteiger partial charge >= 0.3 is 0 Å². The lowest BCUT2D eigenvalue weighted by Crippen LogP contribution is -2.24. The second kappa shape index (κ2) is 4.09. The molecule has 0 atom stereocenters. The van der Waals surface area contributed by atoms with E-state index < -0.39 is 11.7 Å². The van der Waals surface area contributed by atoms with E-state index in [9.17, 15) is 9.18 Å². The van der Waals surface area contributed by atoms with Gasteiger partial charge in [-0.15, -0.1) is 0 Å². The molecule has 0 saturated heterocycles. The molecule has 0 aliphatic carbocycles. The van der Waals surface area contributed by atoms with E-state index in [0.29, 0.717) is 12.1 Å². The number of hydrogen-bond donors (Lipinski definition) is 2. The summed E-state index contributed by atoms with van der Waals surface area (Å²) in [6.07, 6.45) is 0. The van der Waals surface area contributed by atoms with Gasteiger partial charge in [0.05, 0.1) is 5.56 Å². The molecule has 0 aromatic heterocycles. The predicted molar refractivity (Wildman–Crippen MR) is 50.8 cm³/mol. The number of aryl methyl sites for hydroxylation is 1. The van der Waals surface area contributed by atoms with Crippen molar-refractivity contribution in [3.63, 3.8) is 0 Å². The van der Waals surface area contributed by atoms with Crippen molar-refractivity contribution >= 4 is 5.91 Å². The van der Waals surface area contributed by atoms with E-state index in [-0.39, 0.29) is 11.3 Å². The highest BCUT2D eigenvalue weighted by Crippen LogP contribution is 2.19. The molecule has 0 spiro atoms. The molecule has 1 aromatic carbocycles. The monoisotopic (exact) mass is 197 g/mol. The summed E-state index contributed by atoms with van der Waals surface area (Å²) in [5, 5.41) is 11.6. The van der Waals surface area contributed by atoms with Crippen molar-refractivity contribution in [2.45, 2.75) is 13.8 Å². The molecule has 1 rings (SSSR count). The fourth-order valence-electron chi connectivity index (χ4n) is 1.26. The molecule has 0 heterocycles. The van der Waals surface area contributed by atoms with Gasteiger partial charge in [0.25, 0.3) is 5.91 Å². The number of halogens is 1. The summed E-state index contributed by atoms with van der Waals surface area (Å²) in [4.78, 5) is 11.4. The van der Waals surface area contributed by atoms with Crippen molar-refractivity contribution in [1.82, 2.24) is 5.32 Å². The Bertz CT molecular complexity index is 340. The third-order valence-corrected chi connectivity index (χ3v) is 1.84. The van der Waals surface area contributed by atoms with Crippen molar-refractivity contribution in [2.24, 2.45) is 0 Å². The van der Waals surface area contributed by atoms with Crippen molar-refractivity contribution in [2.75, 3.05) is 6.54 Å². The molecule has 0 saturated carbocycles. The van der Waals surface area contributed by atoms with E-state index in [0.717, 1.165) is 6.07 Å². The van der Waals surface area contributed by atoms with Gasteiger partial charge in [0, 0.05) is 12.6 Å². The molecule has 2 N–H and O–H groups in total. The number of phenolic OH excluding ortho intramolecular Hbond substituents is 1. The Morgan fingerprint density at radius 1 is 1.57 bits per heavy atom. The van der Waals surface area contributed by atoms with Gasteiger partial charge in [-0.1, -0.05) is 0 Å². The summed E-state index contributed by atoms with van der Waals surface area (Å²) in [5.74, 6) is -1.33. The topological polar surface area (TPSA) is 49.3 Å². The van der Waals surface area contributed by atoms with Gasteiger partial charge in [-0.25, -0.2) is 4.39 Å². The highest BCUT2D eigenvalue weighted by molar-refractivity contribution is 5.96. The largest absolute Gasteiger partial charge is 0.508 e. The van der Waals surface area contributed by atoms with Gasteiger partial charge in [-0.05, 0) is 25.5 Å². The Hall–Kier alpha value is -1.58. The smallest absolute Gasteiger partial charge is 0.254 e. The summed E-state index contributed by atoms with van der Waals surface area (Å²) in [7, 11) is 0. The minimum absolute atomic E-state index is 0.00958. The Balaban J connectivity index is 3.14. The van der Waals surface area contributed by atoms with Crippen molar-refractivity contribution in [1.29, 1.82) is 0 Å². The maximum atomic E-state index is 13.3. The van der Waals surface area contributed by atoms with Crippen LogP contribution in [0.3, 0.4) is 0 Å². The maximum absolute atomic E-state index is 13.3. The molecule has 3 nitrogen and oxygen atoms in total. The Morgan fingerprint density at radius 3 is 2.71 bits per heavy atom. The van der Waals surface area contributed by atoms with Crippen molar-refractivity contribution in [3.05, 3.63) is 29.1 Å². The zero-order valence-electron chi connectivity index (χ0n) is 8.10. The van der Waals surface area contributed by atoms with E-state index in [2.05, 4.69) is 5.32 Å². The molecule has 0 unspecified atom stereocenters. The van der Waals surface area contributed by atoms with Crippen molar-refractivity contribution < 1.29 is 14.3 Å². The van der Waals surface area contributed by atoms with Crippen LogP contribution in [0.2, 0.25) is 0 Å². The van der Waals surface area contributed by atoms with Crippen LogP contribution < -0.4 is 5.32 Å². The Labute approximate surface area is 81.6 Å². The van der Waals surface area contributed by atoms with Crippen LogP contribution in [-0.4, -0.2) is 17.6 Å². The highest BCUT2D eigenvalue weighted by atomic mass is 19.1. The molecular formula is C10H12FNO2. The molecule has 0 fully saturated rings. The number of nitrogens with one attached hydrogen (secondary N) is 1. The van der Waals surface area contributed by atoms with Gasteiger partial charge < -0.3 is 10.4 Å². The summed E-state index contributed by atoms with van der Waals surface area (Å²) in [6, 6.07) is 2.28. The fourth-order valence-corrected chi connectivity index (χ4v) is 1.26. The number of phenols is 1. The number of aromatic hydroxyl groups is 1. The van der Waals surface area contributed by atoms with Crippen LogP contribution >= 0.6 is 0 Å². The molecule has 0 aliphatic heterocycles. The molecule has 1 amide bonds. The van der Waals surface area contributed by atoms with Gasteiger partial charge in [0.15, 0.2) is 0 Å². The lowest BCUT2D eigenvalue weighted by molar-refractivity contribution is 0.0951. The molecule has 0 bridgehead atoms. The van der Waals surface area contributed by atoms with E-state index >= 15 is 0 Å². The molecule has 76 valence electrons. The third-order valence-electron chi connectivity index (χ3n) is 1.84. The van der Waals surface area contributed by atoms with Gasteiger partial charge in [-0.2, -0.15) is 0 Å². The summed E-state index contributed by atoms with van der Waals surface area (Å²) < 4.78 is 13.3. The number of carbonyl (C=O) groups excluding carboxylic acids is 1. The van der Waals surface area contributed by atoms with Crippen LogP contribution in [0.1, 0.15) is 22.8 Å². The fraction of sp³-hybridized carbons (Fsp3) is 0.300. The first kappa shape index (κ1) is 10.5. The highest BCUT2D eigenvalue weighted by Gasteiger charge is 2.14. The maximum Gasteiger partial charge on any atom is 0.254 e. The molecule has 14 heavy (non-hydrogen) atoms. The van der Waals surface area contributed by atoms with Gasteiger partial charge in [0.2, 0.25) is 0 Å². The van der Waals surface area contributed by atoms with Crippen LogP contribution in [0.25, 0.3) is 0 Å². The number of carbonyl (C=O) groups is 1. The number of rotatable bonds is 2. The van der Waals surface area contributed by atoms with E-state index in [1.54, 1.807) is 13.8 Å². The minimum atomic E-state index is -0.701. The van der Waals surface area contributed by atoms with Crippen LogP contribution in [0.15, 0.2) is 12.1 Å². The average Bonchev–Trinajstić information content (AvgIpc) is 2.01. The van der Waals surface area contributed by atoms with Crippen LogP contribution in [0, 0.1) is 12.7 Å². The quantitative estimate of drug-likeness (QED) is 0.756. The molecule has 4 heteroatoms. The first-order valence-corrected chi connectivity index (χ1v) is 4.33. The molecule has 1 aromatic rings. The lowest BCUT2D eigenvalue weighted by Gasteiger charge is -2.07. The lowest BCUT2D eigenvalue weighted by atomic mass is 10.1. The summed E-state index contributed by atoms with van der Waals surface area (Å²) >= 11 is 0. The van der Waals surface area contributed by atoms with Crippen LogP contribution in [0.5, 0.6) is 5.75 Å². The first-order chi connectivity index (χ1) is 6.56. The number of amides is 1. The zero-order chi connectivity index (χ0) is 10.7. The number of hydrogen-bond acceptors (Lipinski definition) is 2. The van der Waals surface area contributed by atoms with E-state index in [4.69, 9.17) is 5.11 Å². The van der Waals surface area contributed by atoms with E-state index in [1.165, 1.54) is 6.07 Å². The standard InChI is InChI=1S/C10H12FNO2/c1-3-12-10(14)9-6(2)4-7(13)5-8(9)11/h4-5,13H,3H2,1-2H3,(H,12,14). The SMILES string of the molecule is CCNC(=O)c1c(C)cc(O)cc1F. The summed E-state index contributed by atoms with van der Waals surface area (Å²) in [6.45, 7) is 3.78. The van der Waals surface area contributed by atoms with Crippen molar-refractivity contribution in [3.8, 4) is 5.75 Å². The van der Waals surface area contributed by atoms with E-state index in [1.807, 2.05) is 0 Å². The average molecular weight is 197 g/mol. The van der Waals surface area contributed by atoms with Crippen LogP contribution in [0.4, 0.5) is 4.39 Å². The molecular weight excluding hydrogens is 185 g/mol. The first-order valence-electron chi connectivity index (χ1n) is 4.33. The minimum Gasteiger partial charge on any atom is -0.508 e. The second-order valence-corrected chi connectivity index (χ2v) is 2.98. The normalized spacial score (nSPS) is 9.93. The number of benzene rings is 1. The predicted octanol–water partition coefficient (Wildman–Crippen LogP) is 1.59.